The van der Waals surface area contributed by atoms with Crippen molar-refractivity contribution < 1.29 is 9.72 Å². The van der Waals surface area contributed by atoms with Crippen molar-refractivity contribution in [1.29, 1.82) is 0 Å². The summed E-state index contributed by atoms with van der Waals surface area (Å²) < 4.78 is 1.25. The number of aryl methyl sites for hydroxylation is 1. The zero-order valence-electron chi connectivity index (χ0n) is 11.9. The molecule has 1 aliphatic rings. The summed E-state index contributed by atoms with van der Waals surface area (Å²) in [6.07, 6.45) is 6.72. The summed E-state index contributed by atoms with van der Waals surface area (Å²) in [5.74, 6) is -0.418. The second-order valence-electron chi connectivity index (χ2n) is 5.55. The number of nitrogens with one attached hydrogen (secondary N) is 1. The number of nitro groups is 1. The van der Waals surface area contributed by atoms with Crippen LogP contribution in [0.25, 0.3) is 0 Å². The maximum Gasteiger partial charge on any atom is 0.320 e. The molecule has 7 heteroatoms. The molecule has 0 radical (unpaired) electrons. The minimum absolute atomic E-state index is 0.0148. The third kappa shape index (κ3) is 2.66. The molecule has 0 atom stereocenters. The van der Waals surface area contributed by atoms with Crippen molar-refractivity contribution >= 4 is 11.6 Å². The van der Waals surface area contributed by atoms with Gasteiger partial charge in [-0.1, -0.05) is 19.8 Å². The van der Waals surface area contributed by atoms with Crippen LogP contribution in [0.2, 0.25) is 0 Å². The number of carbonyl (C=O) groups is 1. The van der Waals surface area contributed by atoms with Crippen molar-refractivity contribution in [3.8, 4) is 0 Å². The molecule has 1 fully saturated rings. The SMILES string of the molecule is CCCC1(CNC(=O)c2c([N+](=O)[O-])cnn2C)CCC1. The number of aromatic nitrogens is 2. The van der Waals surface area contributed by atoms with E-state index in [9.17, 15) is 14.9 Å². The molecule has 110 valence electrons. The highest BCUT2D eigenvalue weighted by atomic mass is 16.6. The Bertz CT molecular complexity index is 520. The lowest BCUT2D eigenvalue weighted by Gasteiger charge is -2.42. The van der Waals surface area contributed by atoms with E-state index in [0.717, 1.165) is 31.9 Å². The van der Waals surface area contributed by atoms with Gasteiger partial charge in [0, 0.05) is 13.6 Å². The molecule has 1 heterocycles. The third-order valence-corrected chi connectivity index (χ3v) is 4.15. The van der Waals surface area contributed by atoms with Crippen molar-refractivity contribution in [2.24, 2.45) is 12.5 Å². The zero-order chi connectivity index (χ0) is 14.8. The maximum atomic E-state index is 12.2. The highest BCUT2D eigenvalue weighted by Crippen LogP contribution is 2.44. The Balaban J connectivity index is 2.05. The van der Waals surface area contributed by atoms with E-state index in [0.29, 0.717) is 6.54 Å². The van der Waals surface area contributed by atoms with Crippen LogP contribution < -0.4 is 5.32 Å². The molecule has 0 saturated heterocycles. The summed E-state index contributed by atoms with van der Waals surface area (Å²) in [5, 5.41) is 17.5. The van der Waals surface area contributed by atoms with Crippen LogP contribution in [0.3, 0.4) is 0 Å². The Labute approximate surface area is 117 Å². The Morgan fingerprint density at radius 3 is 2.80 bits per heavy atom. The summed E-state index contributed by atoms with van der Waals surface area (Å²) in [4.78, 5) is 22.5. The lowest BCUT2D eigenvalue weighted by Crippen LogP contribution is -2.42. The number of hydrogen-bond donors (Lipinski definition) is 1. The summed E-state index contributed by atoms with van der Waals surface area (Å²) in [6.45, 7) is 2.72. The van der Waals surface area contributed by atoms with Gasteiger partial charge >= 0.3 is 5.69 Å². The van der Waals surface area contributed by atoms with E-state index in [1.54, 1.807) is 0 Å². The molecule has 7 nitrogen and oxygen atoms in total. The van der Waals surface area contributed by atoms with Crippen molar-refractivity contribution in [1.82, 2.24) is 15.1 Å². The van der Waals surface area contributed by atoms with Crippen molar-refractivity contribution in [2.45, 2.75) is 39.0 Å². The predicted octanol–water partition coefficient (Wildman–Crippen LogP) is 2.03. The van der Waals surface area contributed by atoms with Gasteiger partial charge in [-0.2, -0.15) is 5.10 Å². The summed E-state index contributed by atoms with van der Waals surface area (Å²) in [7, 11) is 1.53. The molecular formula is C13H20N4O3. The zero-order valence-corrected chi connectivity index (χ0v) is 11.9. The first-order valence-electron chi connectivity index (χ1n) is 6.94. The minimum atomic E-state index is -0.576. The number of rotatable bonds is 6. The van der Waals surface area contributed by atoms with Crippen LogP contribution in [0, 0.1) is 15.5 Å². The summed E-state index contributed by atoms with van der Waals surface area (Å²) in [5.41, 5.74) is -0.0400. The molecule has 1 saturated carbocycles. The van der Waals surface area contributed by atoms with Crippen LogP contribution in [0.1, 0.15) is 49.5 Å². The van der Waals surface area contributed by atoms with Gasteiger partial charge in [-0.15, -0.1) is 0 Å². The number of hydrogen-bond acceptors (Lipinski definition) is 4. The van der Waals surface area contributed by atoms with Gasteiger partial charge in [0.05, 0.1) is 4.92 Å². The lowest BCUT2D eigenvalue weighted by molar-refractivity contribution is -0.385. The van der Waals surface area contributed by atoms with E-state index in [2.05, 4.69) is 17.3 Å². The molecule has 20 heavy (non-hydrogen) atoms. The fourth-order valence-electron chi connectivity index (χ4n) is 2.90. The molecule has 2 rings (SSSR count). The van der Waals surface area contributed by atoms with Gasteiger partial charge in [0.2, 0.25) is 5.69 Å². The van der Waals surface area contributed by atoms with E-state index in [1.165, 1.54) is 18.2 Å². The smallest absolute Gasteiger partial charge is 0.320 e. The largest absolute Gasteiger partial charge is 0.350 e. The Hall–Kier alpha value is -1.92. The fourth-order valence-corrected chi connectivity index (χ4v) is 2.90. The van der Waals surface area contributed by atoms with Crippen molar-refractivity contribution in [3.63, 3.8) is 0 Å². The highest BCUT2D eigenvalue weighted by molar-refractivity contribution is 5.96. The van der Waals surface area contributed by atoms with E-state index in [-0.39, 0.29) is 16.8 Å². The first-order chi connectivity index (χ1) is 9.49. The summed E-state index contributed by atoms with van der Waals surface area (Å²) in [6, 6.07) is 0. The topological polar surface area (TPSA) is 90.1 Å². The van der Waals surface area contributed by atoms with Crippen LogP contribution >= 0.6 is 0 Å². The van der Waals surface area contributed by atoms with Gasteiger partial charge in [-0.3, -0.25) is 19.6 Å². The van der Waals surface area contributed by atoms with Gasteiger partial charge in [0.1, 0.15) is 6.20 Å². The van der Waals surface area contributed by atoms with Gasteiger partial charge in [0.15, 0.2) is 0 Å². The van der Waals surface area contributed by atoms with Crippen LogP contribution in [0.15, 0.2) is 6.20 Å². The number of carbonyl (C=O) groups excluding carboxylic acids is 1. The molecule has 0 unspecified atom stereocenters. The molecular weight excluding hydrogens is 260 g/mol. The Kier molecular flexibility index (Phi) is 4.06. The van der Waals surface area contributed by atoms with E-state index < -0.39 is 10.8 Å². The molecule has 0 spiro atoms. The number of nitrogens with zero attached hydrogens (tertiary/aromatic N) is 3. The van der Waals surface area contributed by atoms with Crippen molar-refractivity contribution in [2.75, 3.05) is 6.54 Å². The average Bonchev–Trinajstić information content (AvgIpc) is 2.74. The molecule has 0 aromatic carbocycles. The molecule has 1 N–H and O–H groups in total. The first-order valence-corrected chi connectivity index (χ1v) is 6.94. The first kappa shape index (κ1) is 14.5. The number of amides is 1. The molecule has 1 aliphatic carbocycles. The van der Waals surface area contributed by atoms with Crippen LogP contribution in [-0.4, -0.2) is 27.2 Å². The molecule has 0 aliphatic heterocycles. The lowest BCUT2D eigenvalue weighted by atomic mass is 9.66. The fraction of sp³-hybridized carbons (Fsp3) is 0.692. The second-order valence-corrected chi connectivity index (χ2v) is 5.55. The van der Waals surface area contributed by atoms with Gasteiger partial charge < -0.3 is 5.32 Å². The Morgan fingerprint density at radius 2 is 2.30 bits per heavy atom. The van der Waals surface area contributed by atoms with Crippen molar-refractivity contribution in [3.05, 3.63) is 22.0 Å². The molecule has 0 bridgehead atoms. The second kappa shape index (κ2) is 5.60. The van der Waals surface area contributed by atoms with E-state index in [1.807, 2.05) is 0 Å². The normalized spacial score (nSPS) is 16.5. The standard InChI is InChI=1S/C13H20N4O3/c1-3-5-13(6-4-7-13)9-14-12(18)11-10(17(19)20)8-15-16(11)2/h8H,3-7,9H2,1-2H3,(H,14,18). The van der Waals surface area contributed by atoms with Crippen LogP contribution in [0.5, 0.6) is 0 Å². The highest BCUT2D eigenvalue weighted by Gasteiger charge is 2.37. The summed E-state index contributed by atoms with van der Waals surface area (Å²) >= 11 is 0. The predicted molar refractivity (Wildman–Crippen MR) is 73.4 cm³/mol. The molecule has 1 amide bonds. The average molecular weight is 280 g/mol. The third-order valence-electron chi connectivity index (χ3n) is 4.15. The van der Waals surface area contributed by atoms with Gasteiger partial charge in [-0.25, -0.2) is 0 Å². The minimum Gasteiger partial charge on any atom is -0.350 e. The quantitative estimate of drug-likeness (QED) is 0.637. The Morgan fingerprint density at radius 1 is 1.60 bits per heavy atom. The molecule has 1 aromatic rings. The van der Waals surface area contributed by atoms with Crippen LogP contribution in [-0.2, 0) is 7.05 Å². The molecule has 1 aromatic heterocycles. The van der Waals surface area contributed by atoms with Gasteiger partial charge in [0.25, 0.3) is 5.91 Å². The maximum absolute atomic E-state index is 12.2. The van der Waals surface area contributed by atoms with Crippen LogP contribution in [0.4, 0.5) is 5.69 Å². The van der Waals surface area contributed by atoms with E-state index in [4.69, 9.17) is 0 Å². The van der Waals surface area contributed by atoms with Gasteiger partial charge in [-0.05, 0) is 24.7 Å². The van der Waals surface area contributed by atoms with E-state index >= 15 is 0 Å². The monoisotopic (exact) mass is 280 g/mol.